The highest BCUT2D eigenvalue weighted by Gasteiger charge is 2.21. The Hall–Kier alpha value is -1.83. The predicted molar refractivity (Wildman–Crippen MR) is 68.4 cm³/mol. The highest BCUT2D eigenvalue weighted by Crippen LogP contribution is 2.11. The molecule has 1 rings (SSSR count). The number of hydrogen-bond acceptors (Lipinski definition) is 4. The van der Waals surface area contributed by atoms with Crippen molar-refractivity contribution in [2.45, 2.75) is 44.2 Å². The van der Waals surface area contributed by atoms with Gasteiger partial charge in [-0.25, -0.2) is 9.59 Å². The molecule has 2 atom stereocenters. The van der Waals surface area contributed by atoms with E-state index in [0.29, 0.717) is 13.2 Å². The Morgan fingerprint density at radius 1 is 1.25 bits per heavy atom. The van der Waals surface area contributed by atoms with Gasteiger partial charge >= 0.3 is 18.0 Å². The van der Waals surface area contributed by atoms with Crippen molar-refractivity contribution in [1.82, 2.24) is 10.6 Å². The van der Waals surface area contributed by atoms with Gasteiger partial charge in [-0.2, -0.15) is 0 Å². The summed E-state index contributed by atoms with van der Waals surface area (Å²) < 4.78 is 5.42. The van der Waals surface area contributed by atoms with E-state index in [0.717, 1.165) is 19.3 Å². The molecule has 8 nitrogen and oxygen atoms in total. The first kappa shape index (κ1) is 16.2. The van der Waals surface area contributed by atoms with Crippen LogP contribution in [0.15, 0.2) is 0 Å². The van der Waals surface area contributed by atoms with E-state index in [1.807, 2.05) is 0 Å². The predicted octanol–water partition coefficient (Wildman–Crippen LogP) is 0.173. The van der Waals surface area contributed by atoms with Gasteiger partial charge in [0.1, 0.15) is 6.04 Å². The Labute approximate surface area is 116 Å². The second kappa shape index (κ2) is 8.36. The van der Waals surface area contributed by atoms with Crippen LogP contribution in [-0.4, -0.2) is 53.5 Å². The fourth-order valence-electron chi connectivity index (χ4n) is 1.91. The van der Waals surface area contributed by atoms with E-state index < -0.39 is 24.0 Å². The molecule has 1 aliphatic heterocycles. The molecule has 0 aromatic rings. The van der Waals surface area contributed by atoms with E-state index in [2.05, 4.69) is 10.6 Å². The lowest BCUT2D eigenvalue weighted by atomic mass is 10.1. The number of carboxylic acids is 2. The molecule has 0 spiro atoms. The molecule has 0 aromatic carbocycles. The fraction of sp³-hybridized carbons (Fsp3) is 0.750. The van der Waals surface area contributed by atoms with Gasteiger partial charge in [0.25, 0.3) is 0 Å². The Balaban J connectivity index is 2.29. The standard InChI is InChI=1S/C12H20N2O6/c15-10(16)5-4-9(11(17)18)14-12(19)13-7-8-3-1-2-6-20-8/h8-9H,1-7H2,(H,15,16)(H,17,18)(H2,13,14,19). The smallest absolute Gasteiger partial charge is 0.326 e. The van der Waals surface area contributed by atoms with Crippen molar-refractivity contribution in [3.63, 3.8) is 0 Å². The maximum absolute atomic E-state index is 11.6. The summed E-state index contributed by atoms with van der Waals surface area (Å²) in [4.78, 5) is 32.9. The molecule has 1 aliphatic rings. The minimum atomic E-state index is -1.25. The molecule has 20 heavy (non-hydrogen) atoms. The zero-order chi connectivity index (χ0) is 15.0. The number of urea groups is 1. The third-order valence-electron chi connectivity index (χ3n) is 3.01. The molecule has 1 fully saturated rings. The molecule has 0 bridgehead atoms. The lowest BCUT2D eigenvalue weighted by Crippen LogP contribution is -2.48. The van der Waals surface area contributed by atoms with Crippen LogP contribution in [-0.2, 0) is 14.3 Å². The summed E-state index contributed by atoms with van der Waals surface area (Å²) >= 11 is 0. The fourth-order valence-corrected chi connectivity index (χ4v) is 1.91. The molecule has 2 unspecified atom stereocenters. The molecule has 0 radical (unpaired) electrons. The Bertz CT molecular complexity index is 354. The van der Waals surface area contributed by atoms with Crippen LogP contribution in [0.2, 0.25) is 0 Å². The number of nitrogens with one attached hydrogen (secondary N) is 2. The van der Waals surface area contributed by atoms with Crippen molar-refractivity contribution in [1.29, 1.82) is 0 Å². The highest BCUT2D eigenvalue weighted by atomic mass is 16.5. The molecular formula is C12H20N2O6. The van der Waals surface area contributed by atoms with Gasteiger partial charge in [-0.05, 0) is 25.7 Å². The van der Waals surface area contributed by atoms with Gasteiger partial charge in [0.15, 0.2) is 0 Å². The van der Waals surface area contributed by atoms with E-state index in [4.69, 9.17) is 14.9 Å². The monoisotopic (exact) mass is 288 g/mol. The molecule has 2 amide bonds. The molecule has 0 aromatic heterocycles. The van der Waals surface area contributed by atoms with Crippen molar-refractivity contribution >= 4 is 18.0 Å². The Kier molecular flexibility index (Phi) is 6.78. The van der Waals surface area contributed by atoms with Crippen LogP contribution in [0.1, 0.15) is 32.1 Å². The summed E-state index contributed by atoms with van der Waals surface area (Å²) in [6, 6.07) is -1.84. The van der Waals surface area contributed by atoms with Gasteiger partial charge in [0, 0.05) is 19.6 Å². The molecule has 1 saturated heterocycles. The number of carboxylic acid groups (broad SMARTS) is 2. The molecule has 4 N–H and O–H groups in total. The average Bonchev–Trinajstić information content (AvgIpc) is 2.41. The van der Waals surface area contributed by atoms with E-state index in [1.165, 1.54) is 0 Å². The summed E-state index contributed by atoms with van der Waals surface area (Å²) in [6.45, 7) is 0.988. The van der Waals surface area contributed by atoms with Crippen LogP contribution in [0.5, 0.6) is 0 Å². The lowest BCUT2D eigenvalue weighted by Gasteiger charge is -2.23. The van der Waals surface area contributed by atoms with Gasteiger partial charge in [0.05, 0.1) is 6.10 Å². The topological polar surface area (TPSA) is 125 Å². The zero-order valence-corrected chi connectivity index (χ0v) is 11.1. The number of hydrogen-bond donors (Lipinski definition) is 4. The summed E-state index contributed by atoms with van der Waals surface area (Å²) in [7, 11) is 0. The van der Waals surface area contributed by atoms with Crippen molar-refractivity contribution in [3.8, 4) is 0 Å². The van der Waals surface area contributed by atoms with Crippen molar-refractivity contribution in [2.75, 3.05) is 13.2 Å². The first-order valence-corrected chi connectivity index (χ1v) is 6.59. The first-order chi connectivity index (χ1) is 9.49. The number of carbonyl (C=O) groups is 3. The first-order valence-electron chi connectivity index (χ1n) is 6.59. The second-order valence-corrected chi connectivity index (χ2v) is 4.67. The van der Waals surface area contributed by atoms with Gasteiger partial charge in [-0.1, -0.05) is 0 Å². The number of rotatable bonds is 7. The summed E-state index contributed by atoms with van der Waals surface area (Å²) in [5.74, 6) is -2.36. The van der Waals surface area contributed by atoms with Crippen LogP contribution in [0.3, 0.4) is 0 Å². The lowest BCUT2D eigenvalue weighted by molar-refractivity contribution is -0.140. The maximum Gasteiger partial charge on any atom is 0.326 e. The van der Waals surface area contributed by atoms with Crippen LogP contribution in [0.4, 0.5) is 4.79 Å². The number of amides is 2. The molecule has 0 saturated carbocycles. The van der Waals surface area contributed by atoms with Gasteiger partial charge in [0.2, 0.25) is 0 Å². The molecular weight excluding hydrogens is 268 g/mol. The highest BCUT2D eigenvalue weighted by molar-refractivity contribution is 5.83. The van der Waals surface area contributed by atoms with E-state index in [-0.39, 0.29) is 18.9 Å². The average molecular weight is 288 g/mol. The third-order valence-corrected chi connectivity index (χ3v) is 3.01. The number of carbonyl (C=O) groups excluding carboxylic acids is 1. The van der Waals surface area contributed by atoms with Gasteiger partial charge in [-0.3, -0.25) is 4.79 Å². The SMILES string of the molecule is O=C(O)CCC(NC(=O)NCC1CCCCO1)C(=O)O. The Morgan fingerprint density at radius 3 is 2.55 bits per heavy atom. The minimum Gasteiger partial charge on any atom is -0.481 e. The van der Waals surface area contributed by atoms with Crippen LogP contribution in [0.25, 0.3) is 0 Å². The minimum absolute atomic E-state index is 0.0446. The summed E-state index contributed by atoms with van der Waals surface area (Å²) in [5, 5.41) is 22.2. The second-order valence-electron chi connectivity index (χ2n) is 4.67. The van der Waals surface area contributed by atoms with Crippen LogP contribution >= 0.6 is 0 Å². The maximum atomic E-state index is 11.6. The molecule has 0 aliphatic carbocycles. The van der Waals surface area contributed by atoms with E-state index in [1.54, 1.807) is 0 Å². The zero-order valence-electron chi connectivity index (χ0n) is 11.1. The number of aliphatic carboxylic acids is 2. The molecule has 114 valence electrons. The van der Waals surface area contributed by atoms with Gasteiger partial charge in [-0.15, -0.1) is 0 Å². The largest absolute Gasteiger partial charge is 0.481 e. The van der Waals surface area contributed by atoms with E-state index >= 15 is 0 Å². The molecule has 1 heterocycles. The summed E-state index contributed by atoms with van der Waals surface area (Å²) in [5.41, 5.74) is 0. The van der Waals surface area contributed by atoms with Crippen molar-refractivity contribution in [2.24, 2.45) is 0 Å². The van der Waals surface area contributed by atoms with Gasteiger partial charge < -0.3 is 25.6 Å². The molecule has 8 heteroatoms. The Morgan fingerprint density at radius 2 is 2.00 bits per heavy atom. The third kappa shape index (κ3) is 6.37. The normalized spacial score (nSPS) is 19.9. The summed E-state index contributed by atoms with van der Waals surface area (Å²) in [6.07, 6.45) is 2.41. The van der Waals surface area contributed by atoms with Crippen molar-refractivity contribution < 1.29 is 29.3 Å². The van der Waals surface area contributed by atoms with Crippen LogP contribution in [0, 0.1) is 0 Å². The quantitative estimate of drug-likeness (QED) is 0.529. The van der Waals surface area contributed by atoms with E-state index in [9.17, 15) is 14.4 Å². The van der Waals surface area contributed by atoms with Crippen molar-refractivity contribution in [3.05, 3.63) is 0 Å². The van der Waals surface area contributed by atoms with Crippen LogP contribution < -0.4 is 10.6 Å². The number of ether oxygens (including phenoxy) is 1.